The van der Waals surface area contributed by atoms with E-state index < -0.39 is 5.97 Å². The van der Waals surface area contributed by atoms with E-state index in [1.165, 1.54) is 5.39 Å². The lowest BCUT2D eigenvalue weighted by Gasteiger charge is -2.15. The lowest BCUT2D eigenvalue weighted by molar-refractivity contribution is 0.0698. The van der Waals surface area contributed by atoms with E-state index in [2.05, 4.69) is 31.0 Å². The van der Waals surface area contributed by atoms with E-state index in [4.69, 9.17) is 9.72 Å². The fourth-order valence-electron chi connectivity index (χ4n) is 4.30. The van der Waals surface area contributed by atoms with Gasteiger partial charge in [0.05, 0.1) is 33.6 Å². The van der Waals surface area contributed by atoms with Crippen molar-refractivity contribution in [1.82, 2.24) is 9.97 Å². The van der Waals surface area contributed by atoms with Crippen molar-refractivity contribution in [3.05, 3.63) is 89.2 Å². The highest BCUT2D eigenvalue weighted by molar-refractivity contribution is 7.22. The summed E-state index contributed by atoms with van der Waals surface area (Å²) in [7, 11) is 0. The number of carboxylic acid groups (broad SMARTS) is 1. The van der Waals surface area contributed by atoms with Gasteiger partial charge in [0.2, 0.25) is 0 Å². The van der Waals surface area contributed by atoms with Crippen molar-refractivity contribution in [3.8, 4) is 16.3 Å². The Labute approximate surface area is 201 Å². The molecule has 5 nitrogen and oxygen atoms in total. The molecule has 0 aliphatic heterocycles. The smallest absolute Gasteiger partial charge is 0.336 e. The lowest BCUT2D eigenvalue weighted by Crippen LogP contribution is -2.06. The third kappa shape index (κ3) is 4.01. The van der Waals surface area contributed by atoms with Gasteiger partial charge in [-0.25, -0.2) is 9.78 Å². The van der Waals surface area contributed by atoms with Gasteiger partial charge >= 0.3 is 5.97 Å². The predicted octanol–water partition coefficient (Wildman–Crippen LogP) is 6.70. The van der Waals surface area contributed by atoms with Gasteiger partial charge in [0.15, 0.2) is 0 Å². The minimum absolute atomic E-state index is 0.212. The fraction of sp³-hybridized carbons (Fsp3) is 0.179. The van der Waals surface area contributed by atoms with Crippen molar-refractivity contribution in [2.45, 2.75) is 26.7 Å². The first-order chi connectivity index (χ1) is 16.6. The molecule has 5 rings (SSSR count). The third-order valence-electron chi connectivity index (χ3n) is 6.06. The molecule has 3 aromatic heterocycles. The highest BCUT2D eigenvalue weighted by Gasteiger charge is 2.21. The summed E-state index contributed by atoms with van der Waals surface area (Å²) < 4.78 is 7.27. The van der Waals surface area contributed by atoms with Gasteiger partial charge in [-0.1, -0.05) is 37.3 Å². The largest absolute Gasteiger partial charge is 0.493 e. The molecule has 0 saturated heterocycles. The predicted molar refractivity (Wildman–Crippen MR) is 137 cm³/mol. The van der Waals surface area contributed by atoms with E-state index in [0.717, 1.165) is 32.7 Å². The number of pyridine rings is 2. The van der Waals surface area contributed by atoms with Crippen molar-refractivity contribution < 1.29 is 14.6 Å². The molecule has 0 unspecified atom stereocenters. The zero-order valence-electron chi connectivity index (χ0n) is 19.0. The number of ether oxygens (including phenoxy) is 1. The Kier molecular flexibility index (Phi) is 5.99. The molecule has 0 amide bonds. The summed E-state index contributed by atoms with van der Waals surface area (Å²) in [5.41, 5.74) is 4.77. The molecule has 0 aliphatic carbocycles. The molecule has 0 radical (unpaired) electrons. The Bertz CT molecular complexity index is 1510. The molecule has 2 aromatic carbocycles. The average molecular weight is 469 g/mol. The Balaban J connectivity index is 1.63. The van der Waals surface area contributed by atoms with Crippen molar-refractivity contribution in [2.75, 3.05) is 6.61 Å². The summed E-state index contributed by atoms with van der Waals surface area (Å²) >= 11 is 1.64. The quantitative estimate of drug-likeness (QED) is 0.288. The Hall–Kier alpha value is -3.77. The second kappa shape index (κ2) is 9.23. The second-order valence-corrected chi connectivity index (χ2v) is 9.22. The van der Waals surface area contributed by atoms with Gasteiger partial charge in [0, 0.05) is 23.5 Å². The Morgan fingerprint density at radius 1 is 1.12 bits per heavy atom. The zero-order valence-corrected chi connectivity index (χ0v) is 19.9. The number of aromatic nitrogens is 2. The standard InChI is InChI=1S/C28H24N2O3S/c1-3-19-10-11-23(33-14-12-18-7-6-13-29-16-18)25-21(28(31)32)15-22(30-26(19)25)27-17(2)20-8-4-5-9-24(20)34-27/h4-11,13,15-16H,3,12,14H2,1-2H3,(H,31,32). The summed E-state index contributed by atoms with van der Waals surface area (Å²) in [5, 5.41) is 11.9. The molecular weight excluding hydrogens is 444 g/mol. The van der Waals surface area contributed by atoms with E-state index in [9.17, 15) is 9.90 Å². The lowest BCUT2D eigenvalue weighted by atomic mass is 10.00. The van der Waals surface area contributed by atoms with E-state index in [1.54, 1.807) is 23.6 Å². The first kappa shape index (κ1) is 22.0. The summed E-state index contributed by atoms with van der Waals surface area (Å²) in [4.78, 5) is 22.5. The molecule has 0 aliphatic rings. The number of aromatic carboxylic acids is 1. The molecule has 34 heavy (non-hydrogen) atoms. The molecular formula is C28H24N2O3S. The normalized spacial score (nSPS) is 11.2. The van der Waals surface area contributed by atoms with Crippen LogP contribution in [0.25, 0.3) is 31.6 Å². The monoisotopic (exact) mass is 468 g/mol. The number of carbonyl (C=O) groups is 1. The van der Waals surface area contributed by atoms with Crippen LogP contribution in [-0.2, 0) is 12.8 Å². The van der Waals surface area contributed by atoms with Crippen LogP contribution in [0.3, 0.4) is 0 Å². The van der Waals surface area contributed by atoms with E-state index in [-0.39, 0.29) is 5.56 Å². The van der Waals surface area contributed by atoms with Crippen molar-refractivity contribution in [1.29, 1.82) is 0 Å². The number of thiophene rings is 1. The van der Waals surface area contributed by atoms with E-state index >= 15 is 0 Å². The highest BCUT2D eigenvalue weighted by Crippen LogP contribution is 2.40. The molecule has 1 N–H and O–H groups in total. The van der Waals surface area contributed by atoms with Crippen molar-refractivity contribution in [3.63, 3.8) is 0 Å². The third-order valence-corrected chi connectivity index (χ3v) is 7.36. The van der Waals surface area contributed by atoms with Crippen LogP contribution in [0.5, 0.6) is 5.75 Å². The molecule has 0 fully saturated rings. The number of rotatable bonds is 7. The minimum atomic E-state index is -0.988. The molecule has 3 heterocycles. The summed E-state index contributed by atoms with van der Waals surface area (Å²) in [5.74, 6) is -0.446. The Morgan fingerprint density at radius 2 is 1.97 bits per heavy atom. The minimum Gasteiger partial charge on any atom is -0.493 e. The second-order valence-electron chi connectivity index (χ2n) is 8.17. The highest BCUT2D eigenvalue weighted by atomic mass is 32.1. The number of hydrogen-bond acceptors (Lipinski definition) is 5. The fourth-order valence-corrected chi connectivity index (χ4v) is 5.47. The van der Waals surface area contributed by atoms with Crippen LogP contribution < -0.4 is 4.74 Å². The molecule has 0 spiro atoms. The van der Waals surface area contributed by atoms with Crippen LogP contribution in [0.4, 0.5) is 0 Å². The maximum absolute atomic E-state index is 12.4. The van der Waals surface area contributed by atoms with Gasteiger partial charge in [-0.3, -0.25) is 4.98 Å². The first-order valence-corrected chi connectivity index (χ1v) is 12.1. The molecule has 6 heteroatoms. The van der Waals surface area contributed by atoms with Crippen LogP contribution in [0.2, 0.25) is 0 Å². The maximum atomic E-state index is 12.4. The summed E-state index contributed by atoms with van der Waals surface area (Å²) in [6.07, 6.45) is 4.97. The van der Waals surface area contributed by atoms with Crippen LogP contribution in [0.15, 0.2) is 67.0 Å². The SMILES string of the molecule is CCc1ccc(OCCc2cccnc2)c2c(C(=O)O)cc(-c3sc4ccccc4c3C)nc12. The number of carboxylic acids is 1. The number of fused-ring (bicyclic) bond motifs is 2. The number of nitrogens with zero attached hydrogens (tertiary/aromatic N) is 2. The summed E-state index contributed by atoms with van der Waals surface area (Å²) in [6, 6.07) is 17.6. The van der Waals surface area contributed by atoms with Gasteiger partial charge in [0.1, 0.15) is 5.75 Å². The molecule has 0 atom stereocenters. The van der Waals surface area contributed by atoms with Crippen LogP contribution in [0.1, 0.15) is 34.0 Å². The summed E-state index contributed by atoms with van der Waals surface area (Å²) in [6.45, 7) is 4.54. The molecule has 0 bridgehead atoms. The van der Waals surface area contributed by atoms with E-state index in [0.29, 0.717) is 35.4 Å². The van der Waals surface area contributed by atoms with Gasteiger partial charge in [-0.05, 0) is 59.7 Å². The number of benzene rings is 2. The molecule has 5 aromatic rings. The maximum Gasteiger partial charge on any atom is 0.336 e. The van der Waals surface area contributed by atoms with Crippen molar-refractivity contribution >= 4 is 38.3 Å². The van der Waals surface area contributed by atoms with Crippen molar-refractivity contribution in [2.24, 2.45) is 0 Å². The van der Waals surface area contributed by atoms with Crippen LogP contribution >= 0.6 is 11.3 Å². The van der Waals surface area contributed by atoms with E-state index in [1.807, 2.05) is 42.6 Å². The van der Waals surface area contributed by atoms with Crippen LogP contribution in [-0.4, -0.2) is 27.7 Å². The topological polar surface area (TPSA) is 72.3 Å². The number of hydrogen-bond donors (Lipinski definition) is 1. The van der Waals surface area contributed by atoms with Gasteiger partial charge in [-0.2, -0.15) is 0 Å². The molecule has 0 saturated carbocycles. The first-order valence-electron chi connectivity index (χ1n) is 11.3. The average Bonchev–Trinajstić information content (AvgIpc) is 3.20. The molecule has 170 valence electrons. The zero-order chi connectivity index (χ0) is 23.7. The van der Waals surface area contributed by atoms with Gasteiger partial charge < -0.3 is 9.84 Å². The number of aryl methyl sites for hydroxylation is 2. The van der Waals surface area contributed by atoms with Gasteiger partial charge in [0.25, 0.3) is 0 Å². The van der Waals surface area contributed by atoms with Gasteiger partial charge in [-0.15, -0.1) is 11.3 Å². The van der Waals surface area contributed by atoms with Crippen LogP contribution in [0, 0.1) is 6.92 Å². The Morgan fingerprint density at radius 3 is 2.71 bits per heavy atom.